The van der Waals surface area contributed by atoms with E-state index in [1.165, 1.54) is 0 Å². The van der Waals surface area contributed by atoms with Crippen LogP contribution in [0.4, 0.5) is 5.69 Å². The summed E-state index contributed by atoms with van der Waals surface area (Å²) in [5.41, 5.74) is 3.18. The number of ether oxygens (including phenoxy) is 2. The topological polar surface area (TPSA) is 47.6 Å². The molecule has 1 N–H and O–H groups in total. The molecule has 0 atom stereocenters. The van der Waals surface area contributed by atoms with E-state index in [-0.39, 0.29) is 5.91 Å². The summed E-state index contributed by atoms with van der Waals surface area (Å²) in [7, 11) is 0. The average Bonchev–Trinajstić information content (AvgIpc) is 2.75. The molecule has 0 unspecified atom stereocenters. The number of benzene rings is 3. The van der Waals surface area contributed by atoms with Crippen molar-refractivity contribution in [1.82, 2.24) is 0 Å². The number of rotatable bonds is 8. The van der Waals surface area contributed by atoms with Crippen LogP contribution in [0.15, 0.2) is 66.7 Å². The molecular formula is C25H26ClNO3. The lowest BCUT2D eigenvalue weighted by atomic mass is 10.0. The summed E-state index contributed by atoms with van der Waals surface area (Å²) in [5, 5.41) is 3.50. The highest BCUT2D eigenvalue weighted by atomic mass is 35.5. The van der Waals surface area contributed by atoms with Crippen LogP contribution >= 0.6 is 11.6 Å². The van der Waals surface area contributed by atoms with Gasteiger partial charge in [0.2, 0.25) is 0 Å². The first-order valence-electron chi connectivity index (χ1n) is 10.0. The Balaban J connectivity index is 1.80. The van der Waals surface area contributed by atoms with Crippen LogP contribution in [-0.4, -0.2) is 12.5 Å². The quantitative estimate of drug-likeness (QED) is 0.438. The molecule has 0 aliphatic rings. The molecule has 0 heterocycles. The van der Waals surface area contributed by atoms with E-state index < -0.39 is 0 Å². The van der Waals surface area contributed by atoms with Crippen molar-refractivity contribution >= 4 is 23.2 Å². The molecule has 4 nitrogen and oxygen atoms in total. The third kappa shape index (κ3) is 5.55. The van der Waals surface area contributed by atoms with Crippen molar-refractivity contribution in [1.29, 1.82) is 0 Å². The van der Waals surface area contributed by atoms with E-state index in [0.717, 1.165) is 16.9 Å². The Morgan fingerprint density at radius 1 is 0.967 bits per heavy atom. The van der Waals surface area contributed by atoms with Crippen LogP contribution in [0.3, 0.4) is 0 Å². The molecule has 0 radical (unpaired) electrons. The van der Waals surface area contributed by atoms with Crippen LogP contribution in [0.5, 0.6) is 11.5 Å². The molecule has 30 heavy (non-hydrogen) atoms. The fourth-order valence-corrected chi connectivity index (χ4v) is 3.24. The van der Waals surface area contributed by atoms with Gasteiger partial charge in [-0.25, -0.2) is 0 Å². The summed E-state index contributed by atoms with van der Waals surface area (Å²) in [5.74, 6) is 1.70. The van der Waals surface area contributed by atoms with Gasteiger partial charge in [-0.3, -0.25) is 4.79 Å². The van der Waals surface area contributed by atoms with Gasteiger partial charge in [-0.1, -0.05) is 43.6 Å². The monoisotopic (exact) mass is 423 g/mol. The summed E-state index contributed by atoms with van der Waals surface area (Å²) < 4.78 is 11.9. The molecule has 0 aromatic heterocycles. The van der Waals surface area contributed by atoms with Gasteiger partial charge in [0, 0.05) is 21.8 Å². The van der Waals surface area contributed by atoms with Gasteiger partial charge in [0.25, 0.3) is 5.91 Å². The number of hydrogen-bond acceptors (Lipinski definition) is 3. The van der Waals surface area contributed by atoms with E-state index in [0.29, 0.717) is 41.2 Å². The van der Waals surface area contributed by atoms with Crippen molar-refractivity contribution in [2.45, 2.75) is 33.3 Å². The first kappa shape index (κ1) is 21.7. The smallest absolute Gasteiger partial charge is 0.255 e. The lowest BCUT2D eigenvalue weighted by Crippen LogP contribution is -2.13. The molecule has 0 saturated carbocycles. The molecule has 0 bridgehead atoms. The second-order valence-corrected chi connectivity index (χ2v) is 7.63. The maximum Gasteiger partial charge on any atom is 0.255 e. The summed E-state index contributed by atoms with van der Waals surface area (Å²) in [6.07, 6.45) is 0. The van der Waals surface area contributed by atoms with Gasteiger partial charge < -0.3 is 14.8 Å². The van der Waals surface area contributed by atoms with Gasteiger partial charge in [0.15, 0.2) is 0 Å². The number of carbonyl (C=O) groups is 1. The number of hydrogen-bond donors (Lipinski definition) is 1. The van der Waals surface area contributed by atoms with E-state index in [1.54, 1.807) is 30.3 Å². The summed E-state index contributed by atoms with van der Waals surface area (Å²) in [4.78, 5) is 12.7. The molecular weight excluding hydrogens is 398 g/mol. The zero-order chi connectivity index (χ0) is 21.5. The molecule has 3 rings (SSSR count). The van der Waals surface area contributed by atoms with Crippen molar-refractivity contribution in [3.63, 3.8) is 0 Å². The molecule has 1 amide bonds. The molecule has 0 fully saturated rings. The first-order valence-corrected chi connectivity index (χ1v) is 10.4. The second-order valence-electron chi connectivity index (χ2n) is 7.20. The van der Waals surface area contributed by atoms with E-state index in [1.807, 2.05) is 37.3 Å². The van der Waals surface area contributed by atoms with E-state index in [9.17, 15) is 4.79 Å². The molecule has 0 aliphatic carbocycles. The maximum absolute atomic E-state index is 12.7. The van der Waals surface area contributed by atoms with Crippen molar-refractivity contribution in [3.05, 3.63) is 88.4 Å². The van der Waals surface area contributed by atoms with Crippen molar-refractivity contribution < 1.29 is 14.3 Å². The lowest BCUT2D eigenvalue weighted by Gasteiger charge is -2.16. The molecule has 0 saturated heterocycles. The molecule has 0 spiro atoms. The van der Waals surface area contributed by atoms with Gasteiger partial charge in [-0.15, -0.1) is 0 Å². The Morgan fingerprint density at radius 3 is 2.40 bits per heavy atom. The maximum atomic E-state index is 12.7. The third-order valence-electron chi connectivity index (χ3n) is 4.65. The number of amides is 1. The molecule has 3 aromatic rings. The van der Waals surface area contributed by atoms with Crippen LogP contribution in [0.25, 0.3) is 0 Å². The Kier molecular flexibility index (Phi) is 7.36. The first-order chi connectivity index (χ1) is 14.5. The van der Waals surface area contributed by atoms with Crippen molar-refractivity contribution in [3.8, 4) is 11.5 Å². The minimum atomic E-state index is -0.204. The third-order valence-corrected chi connectivity index (χ3v) is 4.90. The number of carbonyl (C=O) groups excluding carboxylic acids is 1. The molecule has 0 aliphatic heterocycles. The van der Waals surface area contributed by atoms with Crippen LogP contribution in [0.2, 0.25) is 5.02 Å². The Morgan fingerprint density at radius 2 is 1.70 bits per heavy atom. The number of para-hydroxylation sites is 1. The zero-order valence-corrected chi connectivity index (χ0v) is 18.2. The normalized spacial score (nSPS) is 10.7. The van der Waals surface area contributed by atoms with E-state index in [2.05, 4.69) is 25.2 Å². The van der Waals surface area contributed by atoms with Gasteiger partial charge in [-0.05, 0) is 66.9 Å². The lowest BCUT2D eigenvalue weighted by molar-refractivity contribution is 0.102. The largest absolute Gasteiger partial charge is 0.493 e. The summed E-state index contributed by atoms with van der Waals surface area (Å²) >= 11 is 5.91. The highest BCUT2D eigenvalue weighted by molar-refractivity contribution is 6.30. The predicted octanol–water partition coefficient (Wildman–Crippen LogP) is 6.69. The van der Waals surface area contributed by atoms with Crippen molar-refractivity contribution in [2.75, 3.05) is 11.9 Å². The van der Waals surface area contributed by atoms with Gasteiger partial charge in [-0.2, -0.15) is 0 Å². The van der Waals surface area contributed by atoms with Crippen LogP contribution in [0, 0.1) is 0 Å². The Labute approximate surface area is 182 Å². The Hall–Kier alpha value is -2.98. The van der Waals surface area contributed by atoms with Gasteiger partial charge in [0.1, 0.15) is 18.1 Å². The van der Waals surface area contributed by atoms with Crippen molar-refractivity contribution in [2.24, 2.45) is 0 Å². The molecule has 5 heteroatoms. The fourth-order valence-electron chi connectivity index (χ4n) is 3.11. The highest BCUT2D eigenvalue weighted by Gasteiger charge is 2.13. The van der Waals surface area contributed by atoms with Gasteiger partial charge >= 0.3 is 0 Å². The summed E-state index contributed by atoms with van der Waals surface area (Å²) in [6.45, 7) is 7.04. The standard InChI is InChI=1S/C25H26ClNO3/c1-4-29-23-14-9-18(25(28)27-21-12-10-20(26)11-13-21)15-19(23)16-30-24-8-6-5-7-22(24)17(2)3/h5-15,17H,4,16H2,1-3H3,(H,27,28). The average molecular weight is 424 g/mol. The number of anilines is 1. The van der Waals surface area contributed by atoms with Crippen LogP contribution < -0.4 is 14.8 Å². The molecule has 3 aromatic carbocycles. The SMILES string of the molecule is CCOc1ccc(C(=O)Nc2ccc(Cl)cc2)cc1COc1ccccc1C(C)C. The minimum Gasteiger partial charge on any atom is -0.493 e. The zero-order valence-electron chi connectivity index (χ0n) is 17.4. The number of halogens is 1. The van der Waals surface area contributed by atoms with Crippen LogP contribution in [0.1, 0.15) is 48.2 Å². The highest BCUT2D eigenvalue weighted by Crippen LogP contribution is 2.28. The van der Waals surface area contributed by atoms with Gasteiger partial charge in [0.05, 0.1) is 6.61 Å². The van der Waals surface area contributed by atoms with E-state index in [4.69, 9.17) is 21.1 Å². The fraction of sp³-hybridized carbons (Fsp3) is 0.240. The second kappa shape index (κ2) is 10.2. The van der Waals surface area contributed by atoms with Crippen LogP contribution in [-0.2, 0) is 6.61 Å². The Bertz CT molecular complexity index is 1000. The predicted molar refractivity (Wildman–Crippen MR) is 122 cm³/mol. The number of nitrogens with one attached hydrogen (secondary N) is 1. The summed E-state index contributed by atoms with van der Waals surface area (Å²) in [6, 6.07) is 20.4. The minimum absolute atomic E-state index is 0.204. The molecule has 156 valence electrons. The van der Waals surface area contributed by atoms with E-state index >= 15 is 0 Å².